The molecule has 5 nitrogen and oxygen atoms in total. The maximum absolute atomic E-state index is 11.9. The van der Waals surface area contributed by atoms with Crippen LogP contribution in [-0.2, 0) is 24.2 Å². The molecule has 0 atom stereocenters. The highest BCUT2D eigenvalue weighted by Gasteiger charge is 2.16. The van der Waals surface area contributed by atoms with Gasteiger partial charge in [0.05, 0.1) is 11.6 Å². The van der Waals surface area contributed by atoms with Crippen LogP contribution in [0.2, 0.25) is 0 Å². The minimum atomic E-state index is -0.506. The van der Waals surface area contributed by atoms with Crippen LogP contribution in [-0.4, -0.2) is 11.7 Å². The Morgan fingerprint density at radius 1 is 1.10 bits per heavy atom. The summed E-state index contributed by atoms with van der Waals surface area (Å²) < 4.78 is 5.31. The standard InChI is InChI=1S/C24H31N3O2/c1-6-7-19-13-22(26-15-18-8-9-20(14-25)17(2)12-18)11-10-21(19)16-27-23(28)29-24(3,4)5/h8-13,26H,6-7,15-16H2,1-5H3,(H,27,28). The van der Waals surface area contributed by atoms with E-state index >= 15 is 0 Å². The summed E-state index contributed by atoms with van der Waals surface area (Å²) in [6.07, 6.45) is 1.56. The highest BCUT2D eigenvalue weighted by atomic mass is 16.6. The predicted molar refractivity (Wildman–Crippen MR) is 117 cm³/mol. The van der Waals surface area contributed by atoms with Crippen LogP contribution in [0.4, 0.5) is 10.5 Å². The molecule has 0 radical (unpaired) electrons. The van der Waals surface area contributed by atoms with Crippen LogP contribution in [0.1, 0.15) is 61.9 Å². The molecule has 2 rings (SSSR count). The Hall–Kier alpha value is -3.00. The lowest BCUT2D eigenvalue weighted by atomic mass is 10.0. The molecule has 154 valence electrons. The number of carbonyl (C=O) groups excluding carboxylic acids is 1. The summed E-state index contributed by atoms with van der Waals surface area (Å²) in [4.78, 5) is 11.9. The van der Waals surface area contributed by atoms with Gasteiger partial charge in [0.15, 0.2) is 0 Å². The fourth-order valence-electron chi connectivity index (χ4n) is 3.06. The average Bonchev–Trinajstić information content (AvgIpc) is 2.64. The number of nitriles is 1. The molecule has 0 saturated heterocycles. The van der Waals surface area contributed by atoms with Crippen LogP contribution >= 0.6 is 0 Å². The molecule has 0 aliphatic heterocycles. The third-order valence-electron chi connectivity index (χ3n) is 4.46. The summed E-state index contributed by atoms with van der Waals surface area (Å²) in [7, 11) is 0. The predicted octanol–water partition coefficient (Wildman–Crippen LogP) is 5.46. The van der Waals surface area contributed by atoms with Crippen LogP contribution in [0, 0.1) is 18.3 Å². The van der Waals surface area contributed by atoms with Gasteiger partial charge in [0.2, 0.25) is 0 Å². The van der Waals surface area contributed by atoms with Crippen LogP contribution < -0.4 is 10.6 Å². The zero-order chi connectivity index (χ0) is 21.4. The number of hydrogen-bond donors (Lipinski definition) is 2. The van der Waals surface area contributed by atoms with E-state index in [1.807, 2.05) is 52.0 Å². The van der Waals surface area contributed by atoms with Crippen molar-refractivity contribution in [2.75, 3.05) is 5.32 Å². The maximum atomic E-state index is 11.9. The second-order valence-corrected chi connectivity index (χ2v) is 8.20. The number of aryl methyl sites for hydroxylation is 2. The number of benzene rings is 2. The number of hydrogen-bond acceptors (Lipinski definition) is 4. The highest BCUT2D eigenvalue weighted by molar-refractivity contribution is 5.67. The van der Waals surface area contributed by atoms with Crippen LogP contribution in [0.3, 0.4) is 0 Å². The van der Waals surface area contributed by atoms with Crippen LogP contribution in [0.5, 0.6) is 0 Å². The van der Waals surface area contributed by atoms with Crippen LogP contribution in [0.15, 0.2) is 36.4 Å². The van der Waals surface area contributed by atoms with Crippen molar-refractivity contribution in [3.05, 3.63) is 64.2 Å². The SMILES string of the molecule is CCCc1cc(NCc2ccc(C#N)c(C)c2)ccc1CNC(=O)OC(C)(C)C. The summed E-state index contributed by atoms with van der Waals surface area (Å²) in [5, 5.41) is 15.4. The first-order valence-corrected chi connectivity index (χ1v) is 10.0. The summed E-state index contributed by atoms with van der Waals surface area (Å²) in [5.74, 6) is 0. The lowest BCUT2D eigenvalue weighted by Gasteiger charge is -2.20. The van der Waals surface area contributed by atoms with Gasteiger partial charge < -0.3 is 15.4 Å². The fourth-order valence-corrected chi connectivity index (χ4v) is 3.06. The van der Waals surface area contributed by atoms with E-state index in [4.69, 9.17) is 10.00 Å². The van der Waals surface area contributed by atoms with E-state index in [9.17, 15) is 4.79 Å². The first kappa shape index (κ1) is 22.3. The van der Waals surface area contributed by atoms with E-state index in [0.717, 1.165) is 35.2 Å². The number of amides is 1. The molecule has 0 aliphatic rings. The van der Waals surface area contributed by atoms with Crippen molar-refractivity contribution in [1.29, 1.82) is 5.26 Å². The summed E-state index contributed by atoms with van der Waals surface area (Å²) in [6.45, 7) is 10.8. The van der Waals surface area contributed by atoms with E-state index in [1.165, 1.54) is 5.56 Å². The number of carbonyl (C=O) groups is 1. The van der Waals surface area contributed by atoms with E-state index in [2.05, 4.69) is 35.8 Å². The van der Waals surface area contributed by atoms with Gasteiger partial charge in [-0.3, -0.25) is 0 Å². The minimum absolute atomic E-state index is 0.404. The minimum Gasteiger partial charge on any atom is -0.444 e. The van der Waals surface area contributed by atoms with Crippen LogP contribution in [0.25, 0.3) is 0 Å². The van der Waals surface area contributed by atoms with Gasteiger partial charge in [-0.05, 0) is 74.6 Å². The molecule has 0 aliphatic carbocycles. The van der Waals surface area contributed by atoms with Crippen molar-refractivity contribution in [1.82, 2.24) is 5.32 Å². The zero-order valence-electron chi connectivity index (χ0n) is 18.1. The van der Waals surface area contributed by atoms with Crippen molar-refractivity contribution in [3.63, 3.8) is 0 Å². The fraction of sp³-hybridized carbons (Fsp3) is 0.417. The first-order chi connectivity index (χ1) is 13.7. The molecule has 0 unspecified atom stereocenters. The monoisotopic (exact) mass is 393 g/mol. The van der Waals surface area contributed by atoms with Crippen molar-refractivity contribution in [2.45, 2.75) is 66.2 Å². The van der Waals surface area contributed by atoms with E-state index in [-0.39, 0.29) is 0 Å². The number of anilines is 1. The van der Waals surface area contributed by atoms with Gasteiger partial charge in [-0.1, -0.05) is 31.5 Å². The Morgan fingerprint density at radius 2 is 1.86 bits per heavy atom. The topological polar surface area (TPSA) is 74.2 Å². The molecular formula is C24H31N3O2. The Balaban J connectivity index is 2.03. The Bertz CT molecular complexity index is 892. The van der Waals surface area contributed by atoms with Crippen molar-refractivity contribution in [2.24, 2.45) is 0 Å². The van der Waals surface area contributed by atoms with E-state index in [1.54, 1.807) is 0 Å². The lowest BCUT2D eigenvalue weighted by Crippen LogP contribution is -2.32. The summed E-state index contributed by atoms with van der Waals surface area (Å²) in [5.41, 5.74) is 5.67. The summed E-state index contributed by atoms with van der Waals surface area (Å²) >= 11 is 0. The Kier molecular flexibility index (Phi) is 7.67. The third kappa shape index (κ3) is 7.15. The number of nitrogens with one attached hydrogen (secondary N) is 2. The largest absolute Gasteiger partial charge is 0.444 e. The smallest absolute Gasteiger partial charge is 0.407 e. The molecule has 0 bridgehead atoms. The molecule has 5 heteroatoms. The number of rotatable bonds is 7. The van der Waals surface area contributed by atoms with Gasteiger partial charge in [0.25, 0.3) is 0 Å². The molecule has 0 fully saturated rings. The van der Waals surface area contributed by atoms with E-state index < -0.39 is 11.7 Å². The molecular weight excluding hydrogens is 362 g/mol. The van der Waals surface area contributed by atoms with Crippen molar-refractivity contribution in [3.8, 4) is 6.07 Å². The first-order valence-electron chi connectivity index (χ1n) is 10.0. The number of nitrogens with zero attached hydrogens (tertiary/aromatic N) is 1. The lowest BCUT2D eigenvalue weighted by molar-refractivity contribution is 0.0523. The van der Waals surface area contributed by atoms with E-state index in [0.29, 0.717) is 18.7 Å². The molecule has 2 N–H and O–H groups in total. The molecule has 0 spiro atoms. The normalized spacial score (nSPS) is 10.9. The van der Waals surface area contributed by atoms with Crippen molar-refractivity contribution < 1.29 is 9.53 Å². The molecule has 2 aromatic rings. The molecule has 0 heterocycles. The second kappa shape index (κ2) is 9.97. The quantitative estimate of drug-likeness (QED) is 0.655. The van der Waals surface area contributed by atoms with Gasteiger partial charge in [0.1, 0.15) is 5.60 Å². The Morgan fingerprint density at radius 3 is 2.48 bits per heavy atom. The molecule has 1 amide bonds. The van der Waals surface area contributed by atoms with Gasteiger partial charge in [0, 0.05) is 18.8 Å². The molecule has 0 saturated carbocycles. The number of ether oxygens (including phenoxy) is 1. The molecule has 0 aromatic heterocycles. The Labute approximate surface area is 174 Å². The summed E-state index contributed by atoms with van der Waals surface area (Å²) in [6, 6.07) is 14.3. The van der Waals surface area contributed by atoms with Crippen molar-refractivity contribution >= 4 is 11.8 Å². The second-order valence-electron chi connectivity index (χ2n) is 8.20. The maximum Gasteiger partial charge on any atom is 0.407 e. The molecule has 29 heavy (non-hydrogen) atoms. The van der Waals surface area contributed by atoms with Gasteiger partial charge in [-0.2, -0.15) is 5.26 Å². The molecule has 2 aromatic carbocycles. The van der Waals surface area contributed by atoms with Gasteiger partial charge in [-0.15, -0.1) is 0 Å². The average molecular weight is 394 g/mol. The third-order valence-corrected chi connectivity index (χ3v) is 4.46. The van der Waals surface area contributed by atoms with Gasteiger partial charge >= 0.3 is 6.09 Å². The zero-order valence-corrected chi connectivity index (χ0v) is 18.1. The highest BCUT2D eigenvalue weighted by Crippen LogP contribution is 2.19. The number of alkyl carbamates (subject to hydrolysis) is 1. The van der Waals surface area contributed by atoms with Gasteiger partial charge in [-0.25, -0.2) is 4.79 Å².